The quantitative estimate of drug-likeness (QED) is 0.682. The molecule has 0 aliphatic rings. The number of carbonyl (C=O) groups excluding carboxylic acids is 1. The molecule has 0 saturated carbocycles. The molecular weight excluding hydrogens is 262 g/mol. The predicted octanol–water partition coefficient (Wildman–Crippen LogP) is 3.84. The maximum atomic E-state index is 12.3. The van der Waals surface area contributed by atoms with E-state index in [4.69, 9.17) is 4.74 Å². The molecule has 0 saturated heterocycles. The lowest BCUT2D eigenvalue weighted by atomic mass is 9.95. The average Bonchev–Trinajstić information content (AvgIpc) is 2.43. The van der Waals surface area contributed by atoms with E-state index in [0.717, 1.165) is 18.5 Å². The molecule has 3 heteroatoms. The van der Waals surface area contributed by atoms with Crippen molar-refractivity contribution in [3.8, 4) is 0 Å². The number of benzene rings is 1. The maximum Gasteiger partial charge on any atom is 0.313 e. The minimum Gasteiger partial charge on any atom is -0.466 e. The Morgan fingerprint density at radius 2 is 1.67 bits per heavy atom. The summed E-state index contributed by atoms with van der Waals surface area (Å²) in [5.41, 5.74) is 1.04. The van der Waals surface area contributed by atoms with Crippen molar-refractivity contribution < 1.29 is 9.53 Å². The molecule has 0 aliphatic carbocycles. The molecule has 1 unspecified atom stereocenters. The Labute approximate surface area is 129 Å². The summed E-state index contributed by atoms with van der Waals surface area (Å²) < 4.78 is 5.25. The first-order chi connectivity index (χ1) is 9.97. The normalized spacial score (nSPS) is 13.0. The standard InChI is InChI=1S/C18H29NO2/c1-6-21-18(20)17(16-10-8-7-9-11-16)12-13-19(14(2)3)15(4)5/h7-11,14-15,17H,6,12-13H2,1-5H3. The Bertz CT molecular complexity index is 406. The molecule has 0 heterocycles. The first-order valence-electron chi connectivity index (χ1n) is 7.94. The van der Waals surface area contributed by atoms with E-state index >= 15 is 0 Å². The van der Waals surface area contributed by atoms with Crippen LogP contribution in [-0.2, 0) is 9.53 Å². The van der Waals surface area contributed by atoms with Crippen LogP contribution in [0.25, 0.3) is 0 Å². The summed E-state index contributed by atoms with van der Waals surface area (Å²) in [5, 5.41) is 0. The Hall–Kier alpha value is -1.35. The van der Waals surface area contributed by atoms with Gasteiger partial charge in [0.15, 0.2) is 0 Å². The van der Waals surface area contributed by atoms with Gasteiger partial charge in [-0.05, 0) is 53.1 Å². The molecule has 0 amide bonds. The number of nitrogens with zero attached hydrogens (tertiary/aromatic N) is 1. The molecule has 1 aromatic rings. The van der Waals surface area contributed by atoms with Crippen molar-refractivity contribution in [3.63, 3.8) is 0 Å². The number of ether oxygens (including phenoxy) is 1. The van der Waals surface area contributed by atoms with Gasteiger partial charge in [0.25, 0.3) is 0 Å². The van der Waals surface area contributed by atoms with Crippen LogP contribution in [0.2, 0.25) is 0 Å². The van der Waals surface area contributed by atoms with Gasteiger partial charge in [-0.1, -0.05) is 30.3 Å². The third-order valence-electron chi connectivity index (χ3n) is 3.78. The predicted molar refractivity (Wildman–Crippen MR) is 87.4 cm³/mol. The Morgan fingerprint density at radius 3 is 2.14 bits per heavy atom. The van der Waals surface area contributed by atoms with Crippen LogP contribution >= 0.6 is 0 Å². The highest BCUT2D eigenvalue weighted by Gasteiger charge is 2.24. The summed E-state index contributed by atoms with van der Waals surface area (Å²) in [4.78, 5) is 14.7. The molecule has 3 nitrogen and oxygen atoms in total. The van der Waals surface area contributed by atoms with Crippen molar-refractivity contribution in [1.29, 1.82) is 0 Å². The van der Waals surface area contributed by atoms with Gasteiger partial charge in [0.2, 0.25) is 0 Å². The van der Waals surface area contributed by atoms with Crippen LogP contribution in [-0.4, -0.2) is 36.1 Å². The van der Waals surface area contributed by atoms with E-state index < -0.39 is 0 Å². The van der Waals surface area contributed by atoms with Crippen molar-refractivity contribution in [3.05, 3.63) is 35.9 Å². The summed E-state index contributed by atoms with van der Waals surface area (Å²) in [6, 6.07) is 10.9. The van der Waals surface area contributed by atoms with E-state index in [0.29, 0.717) is 18.7 Å². The summed E-state index contributed by atoms with van der Waals surface area (Å²) in [6.07, 6.45) is 0.791. The minimum absolute atomic E-state index is 0.115. The van der Waals surface area contributed by atoms with Crippen molar-refractivity contribution in [2.24, 2.45) is 0 Å². The second kappa shape index (κ2) is 8.83. The van der Waals surface area contributed by atoms with Gasteiger partial charge in [-0.2, -0.15) is 0 Å². The highest BCUT2D eigenvalue weighted by Crippen LogP contribution is 2.22. The van der Waals surface area contributed by atoms with Gasteiger partial charge in [0, 0.05) is 12.1 Å². The van der Waals surface area contributed by atoms with E-state index in [-0.39, 0.29) is 11.9 Å². The first kappa shape index (κ1) is 17.7. The molecule has 118 valence electrons. The molecule has 21 heavy (non-hydrogen) atoms. The second-order valence-corrected chi connectivity index (χ2v) is 5.93. The van der Waals surface area contributed by atoms with Crippen LogP contribution in [0.5, 0.6) is 0 Å². The SMILES string of the molecule is CCOC(=O)C(CCN(C(C)C)C(C)C)c1ccccc1. The zero-order valence-corrected chi connectivity index (χ0v) is 14.0. The molecule has 0 spiro atoms. The molecule has 0 radical (unpaired) electrons. The van der Waals surface area contributed by atoms with E-state index in [1.165, 1.54) is 0 Å². The van der Waals surface area contributed by atoms with Crippen LogP contribution < -0.4 is 0 Å². The highest BCUT2D eigenvalue weighted by atomic mass is 16.5. The fourth-order valence-corrected chi connectivity index (χ4v) is 2.74. The van der Waals surface area contributed by atoms with Crippen molar-refractivity contribution in [2.75, 3.05) is 13.2 Å². The highest BCUT2D eigenvalue weighted by molar-refractivity contribution is 5.78. The zero-order valence-electron chi connectivity index (χ0n) is 14.0. The van der Waals surface area contributed by atoms with E-state index in [1.54, 1.807) is 0 Å². The lowest BCUT2D eigenvalue weighted by molar-refractivity contribution is -0.145. The fourth-order valence-electron chi connectivity index (χ4n) is 2.74. The monoisotopic (exact) mass is 291 g/mol. The smallest absolute Gasteiger partial charge is 0.313 e. The summed E-state index contributed by atoms with van der Waals surface area (Å²) in [6.45, 7) is 12.0. The van der Waals surface area contributed by atoms with Crippen LogP contribution in [0.4, 0.5) is 0 Å². The molecule has 1 rings (SSSR count). The van der Waals surface area contributed by atoms with Gasteiger partial charge < -0.3 is 4.74 Å². The van der Waals surface area contributed by atoms with Gasteiger partial charge in [0.05, 0.1) is 12.5 Å². The molecule has 0 aromatic heterocycles. The summed E-state index contributed by atoms with van der Waals surface area (Å²) >= 11 is 0. The largest absolute Gasteiger partial charge is 0.466 e. The van der Waals surface area contributed by atoms with Gasteiger partial charge in [-0.3, -0.25) is 9.69 Å². The topological polar surface area (TPSA) is 29.5 Å². The molecular formula is C18H29NO2. The van der Waals surface area contributed by atoms with Crippen LogP contribution in [0.15, 0.2) is 30.3 Å². The van der Waals surface area contributed by atoms with Crippen LogP contribution in [0, 0.1) is 0 Å². The van der Waals surface area contributed by atoms with Gasteiger partial charge in [-0.15, -0.1) is 0 Å². The van der Waals surface area contributed by atoms with Gasteiger partial charge in [0.1, 0.15) is 0 Å². The number of rotatable bonds is 8. The fraction of sp³-hybridized carbons (Fsp3) is 0.611. The average molecular weight is 291 g/mol. The Morgan fingerprint density at radius 1 is 1.10 bits per heavy atom. The molecule has 1 atom stereocenters. The van der Waals surface area contributed by atoms with E-state index in [9.17, 15) is 4.79 Å². The second-order valence-electron chi connectivity index (χ2n) is 5.93. The number of hydrogen-bond donors (Lipinski definition) is 0. The summed E-state index contributed by atoms with van der Waals surface area (Å²) in [5.74, 6) is -0.290. The Balaban J connectivity index is 2.81. The number of carbonyl (C=O) groups is 1. The van der Waals surface area contributed by atoms with Crippen molar-refractivity contribution in [1.82, 2.24) is 4.90 Å². The first-order valence-corrected chi connectivity index (χ1v) is 7.94. The lowest BCUT2D eigenvalue weighted by Crippen LogP contribution is -2.38. The van der Waals surface area contributed by atoms with Crippen molar-refractivity contribution >= 4 is 5.97 Å². The van der Waals surface area contributed by atoms with E-state index in [1.807, 2.05) is 37.3 Å². The van der Waals surface area contributed by atoms with Crippen LogP contribution in [0.1, 0.15) is 52.5 Å². The molecule has 0 bridgehead atoms. The lowest BCUT2D eigenvalue weighted by Gasteiger charge is -2.31. The van der Waals surface area contributed by atoms with E-state index in [2.05, 4.69) is 32.6 Å². The van der Waals surface area contributed by atoms with Crippen molar-refractivity contribution in [2.45, 2.75) is 59.0 Å². The van der Waals surface area contributed by atoms with Gasteiger partial charge >= 0.3 is 5.97 Å². The Kier molecular flexibility index (Phi) is 7.44. The number of esters is 1. The maximum absolute atomic E-state index is 12.3. The number of hydrogen-bond acceptors (Lipinski definition) is 3. The molecule has 0 aliphatic heterocycles. The molecule has 1 aromatic carbocycles. The minimum atomic E-state index is -0.175. The third kappa shape index (κ3) is 5.50. The van der Waals surface area contributed by atoms with Crippen LogP contribution in [0.3, 0.4) is 0 Å². The molecule has 0 N–H and O–H groups in total. The van der Waals surface area contributed by atoms with Gasteiger partial charge in [-0.25, -0.2) is 0 Å². The zero-order chi connectivity index (χ0) is 15.8. The summed E-state index contributed by atoms with van der Waals surface area (Å²) in [7, 11) is 0. The molecule has 0 fully saturated rings. The third-order valence-corrected chi connectivity index (χ3v) is 3.78.